The Balaban J connectivity index is 2.19. The summed E-state index contributed by atoms with van der Waals surface area (Å²) in [6, 6.07) is 2.53. The lowest BCUT2D eigenvalue weighted by Gasteiger charge is -2.16. The average molecular weight is 305 g/mol. The van der Waals surface area contributed by atoms with Crippen LogP contribution in [0, 0.1) is 17.2 Å². The molecule has 1 fully saturated rings. The first kappa shape index (κ1) is 15.8. The number of carbonyl (C=O) groups is 1. The minimum atomic E-state index is 0.0107. The van der Waals surface area contributed by atoms with Crippen molar-refractivity contribution in [2.75, 3.05) is 11.1 Å². The van der Waals surface area contributed by atoms with Gasteiger partial charge in [-0.25, -0.2) is 0 Å². The van der Waals surface area contributed by atoms with Crippen LogP contribution in [-0.2, 0) is 0 Å². The Hall–Kier alpha value is -1.54. The number of carbonyl (C=O) groups excluding carboxylic acids is 1. The Labute approximate surface area is 130 Å². The van der Waals surface area contributed by atoms with Crippen LogP contribution in [0.4, 0.5) is 10.7 Å². The first-order valence-corrected chi connectivity index (χ1v) is 8.50. The standard InChI is InChI=1S/C16H23N3OS/c1-3-13(20)15-14(18)12(9-17)16(21-15)19-11-6-4-5-10(2)7-8-11/h10-11,19H,3-8,18H2,1-2H3. The molecule has 21 heavy (non-hydrogen) atoms. The Morgan fingerprint density at radius 2 is 2.19 bits per heavy atom. The largest absolute Gasteiger partial charge is 0.396 e. The number of thiophene rings is 1. The number of hydrogen-bond donors (Lipinski definition) is 2. The molecule has 1 heterocycles. The number of Topliss-reactive ketones (excluding diaryl/α,β-unsaturated/α-hetero) is 1. The average Bonchev–Trinajstić information content (AvgIpc) is 2.64. The summed E-state index contributed by atoms with van der Waals surface area (Å²) in [6.45, 7) is 4.11. The third-order valence-electron chi connectivity index (χ3n) is 4.22. The molecule has 114 valence electrons. The lowest BCUT2D eigenvalue weighted by Crippen LogP contribution is -2.18. The van der Waals surface area contributed by atoms with Gasteiger partial charge < -0.3 is 11.1 Å². The number of rotatable bonds is 4. The molecule has 2 unspecified atom stereocenters. The van der Waals surface area contributed by atoms with Crippen molar-refractivity contribution < 1.29 is 4.79 Å². The molecule has 0 aromatic carbocycles. The van der Waals surface area contributed by atoms with E-state index in [1.54, 1.807) is 0 Å². The van der Waals surface area contributed by atoms with Crippen molar-refractivity contribution in [3.05, 3.63) is 10.4 Å². The minimum absolute atomic E-state index is 0.0107. The highest BCUT2D eigenvalue weighted by Crippen LogP contribution is 2.37. The van der Waals surface area contributed by atoms with Gasteiger partial charge in [0.15, 0.2) is 5.78 Å². The molecule has 2 atom stereocenters. The predicted octanol–water partition coefficient (Wildman–Crippen LogP) is 4.18. The van der Waals surface area contributed by atoms with Gasteiger partial charge in [-0.1, -0.05) is 26.7 Å². The summed E-state index contributed by atoms with van der Waals surface area (Å²) >= 11 is 1.34. The van der Waals surface area contributed by atoms with E-state index in [9.17, 15) is 10.1 Å². The summed E-state index contributed by atoms with van der Waals surface area (Å²) in [5.74, 6) is 0.786. The first-order valence-electron chi connectivity index (χ1n) is 7.68. The third-order valence-corrected chi connectivity index (χ3v) is 5.40. The van der Waals surface area contributed by atoms with E-state index in [2.05, 4.69) is 18.3 Å². The molecule has 0 amide bonds. The summed E-state index contributed by atoms with van der Waals surface area (Å²) in [4.78, 5) is 12.4. The summed E-state index contributed by atoms with van der Waals surface area (Å²) in [7, 11) is 0. The topological polar surface area (TPSA) is 78.9 Å². The maximum atomic E-state index is 11.9. The van der Waals surface area contributed by atoms with Gasteiger partial charge in [-0.15, -0.1) is 11.3 Å². The van der Waals surface area contributed by atoms with E-state index in [0.717, 1.165) is 23.8 Å². The van der Waals surface area contributed by atoms with Gasteiger partial charge >= 0.3 is 0 Å². The number of anilines is 2. The molecule has 1 aliphatic rings. The van der Waals surface area contributed by atoms with Crippen molar-refractivity contribution in [2.45, 2.75) is 58.4 Å². The molecule has 1 aliphatic carbocycles. The molecule has 0 saturated heterocycles. The van der Waals surface area contributed by atoms with Crippen molar-refractivity contribution in [3.8, 4) is 6.07 Å². The number of ketones is 1. The fraction of sp³-hybridized carbons (Fsp3) is 0.625. The molecule has 0 spiro atoms. The molecule has 3 N–H and O–H groups in total. The second kappa shape index (κ2) is 6.95. The minimum Gasteiger partial charge on any atom is -0.396 e. The van der Waals surface area contributed by atoms with Gasteiger partial charge in [-0.2, -0.15) is 5.26 Å². The van der Waals surface area contributed by atoms with Gasteiger partial charge in [0.25, 0.3) is 0 Å². The molecule has 4 nitrogen and oxygen atoms in total. The lowest BCUT2D eigenvalue weighted by molar-refractivity contribution is 0.0993. The van der Waals surface area contributed by atoms with E-state index in [-0.39, 0.29) is 5.78 Å². The first-order chi connectivity index (χ1) is 10.1. The molecular weight excluding hydrogens is 282 g/mol. The van der Waals surface area contributed by atoms with Crippen molar-refractivity contribution in [1.82, 2.24) is 0 Å². The van der Waals surface area contributed by atoms with Gasteiger partial charge in [-0.3, -0.25) is 4.79 Å². The van der Waals surface area contributed by atoms with Crippen molar-refractivity contribution in [2.24, 2.45) is 5.92 Å². The summed E-state index contributed by atoms with van der Waals surface area (Å²) < 4.78 is 0. The predicted molar refractivity (Wildman–Crippen MR) is 87.7 cm³/mol. The fourth-order valence-corrected chi connectivity index (χ4v) is 4.00. The molecule has 0 radical (unpaired) electrons. The molecule has 1 aromatic heterocycles. The highest BCUT2D eigenvalue weighted by atomic mass is 32.1. The van der Waals surface area contributed by atoms with E-state index < -0.39 is 0 Å². The van der Waals surface area contributed by atoms with Crippen LogP contribution >= 0.6 is 11.3 Å². The van der Waals surface area contributed by atoms with Crippen LogP contribution in [0.3, 0.4) is 0 Å². The van der Waals surface area contributed by atoms with E-state index in [4.69, 9.17) is 5.73 Å². The SMILES string of the molecule is CCC(=O)c1sc(NC2CCCC(C)CC2)c(C#N)c1N. The molecule has 2 rings (SSSR count). The van der Waals surface area contributed by atoms with Crippen LogP contribution in [0.15, 0.2) is 0 Å². The van der Waals surface area contributed by atoms with Crippen LogP contribution in [0.25, 0.3) is 0 Å². The zero-order valence-corrected chi connectivity index (χ0v) is 13.6. The van der Waals surface area contributed by atoms with E-state index in [1.165, 1.54) is 30.6 Å². The molecule has 1 saturated carbocycles. The summed E-state index contributed by atoms with van der Waals surface area (Å²) in [5.41, 5.74) is 6.76. The Morgan fingerprint density at radius 3 is 2.86 bits per heavy atom. The Morgan fingerprint density at radius 1 is 1.43 bits per heavy atom. The number of hydrogen-bond acceptors (Lipinski definition) is 5. The van der Waals surface area contributed by atoms with Crippen molar-refractivity contribution in [1.29, 1.82) is 5.26 Å². The number of nitrogens with zero attached hydrogens (tertiary/aromatic N) is 1. The number of nitriles is 1. The fourth-order valence-electron chi connectivity index (χ4n) is 2.84. The van der Waals surface area contributed by atoms with Gasteiger partial charge in [0, 0.05) is 12.5 Å². The molecule has 0 aliphatic heterocycles. The molecule has 1 aromatic rings. The lowest BCUT2D eigenvalue weighted by atomic mass is 10.0. The van der Waals surface area contributed by atoms with Crippen LogP contribution in [0.2, 0.25) is 0 Å². The van der Waals surface area contributed by atoms with Crippen molar-refractivity contribution in [3.63, 3.8) is 0 Å². The Bertz CT molecular complexity index is 559. The molecular formula is C16H23N3OS. The maximum Gasteiger partial charge on any atom is 0.174 e. The van der Waals surface area contributed by atoms with Gasteiger partial charge in [0.05, 0.1) is 10.6 Å². The quantitative estimate of drug-likeness (QED) is 0.646. The highest BCUT2D eigenvalue weighted by molar-refractivity contribution is 7.19. The molecule has 5 heteroatoms. The van der Waals surface area contributed by atoms with E-state index in [1.807, 2.05) is 6.92 Å². The number of nitrogens with one attached hydrogen (secondary N) is 1. The van der Waals surface area contributed by atoms with E-state index in [0.29, 0.717) is 28.6 Å². The van der Waals surface area contributed by atoms with Gasteiger partial charge in [0.1, 0.15) is 16.6 Å². The second-order valence-corrected chi connectivity index (χ2v) is 6.91. The maximum absolute atomic E-state index is 11.9. The van der Waals surface area contributed by atoms with Crippen LogP contribution in [0.5, 0.6) is 0 Å². The Kier molecular flexibility index (Phi) is 5.24. The van der Waals surface area contributed by atoms with Crippen LogP contribution in [-0.4, -0.2) is 11.8 Å². The van der Waals surface area contributed by atoms with Gasteiger partial charge in [-0.05, 0) is 25.2 Å². The summed E-state index contributed by atoms with van der Waals surface area (Å²) in [6.07, 6.45) is 6.33. The number of nitrogen functional groups attached to an aromatic ring is 1. The second-order valence-electron chi connectivity index (χ2n) is 5.89. The summed E-state index contributed by atoms with van der Waals surface area (Å²) in [5, 5.41) is 13.6. The zero-order chi connectivity index (χ0) is 15.4. The number of nitrogens with two attached hydrogens (primary N) is 1. The smallest absolute Gasteiger partial charge is 0.174 e. The van der Waals surface area contributed by atoms with Crippen molar-refractivity contribution >= 4 is 27.8 Å². The monoisotopic (exact) mass is 305 g/mol. The zero-order valence-electron chi connectivity index (χ0n) is 12.7. The van der Waals surface area contributed by atoms with Gasteiger partial charge in [0.2, 0.25) is 0 Å². The molecule has 0 bridgehead atoms. The van der Waals surface area contributed by atoms with E-state index >= 15 is 0 Å². The van der Waals surface area contributed by atoms with Crippen LogP contribution < -0.4 is 11.1 Å². The third kappa shape index (κ3) is 3.56. The van der Waals surface area contributed by atoms with Crippen LogP contribution in [0.1, 0.15) is 67.6 Å². The highest BCUT2D eigenvalue weighted by Gasteiger charge is 2.23. The normalized spacial score (nSPS) is 22.3.